The molecule has 1 aliphatic heterocycles. The fourth-order valence-corrected chi connectivity index (χ4v) is 8.10. The smallest absolute Gasteiger partial charge is 0.326 e. The van der Waals surface area contributed by atoms with Gasteiger partial charge in [0.2, 0.25) is 19.6 Å². The summed E-state index contributed by atoms with van der Waals surface area (Å²) < 4.78 is 25.7. The maximum Gasteiger partial charge on any atom is 0.326 e. The lowest BCUT2D eigenvalue weighted by Gasteiger charge is -2.30. The third kappa shape index (κ3) is 9.46. The van der Waals surface area contributed by atoms with Crippen molar-refractivity contribution in [2.24, 2.45) is 17.8 Å². The topological polar surface area (TPSA) is 110 Å². The minimum Gasteiger partial charge on any atom is -0.480 e. The highest BCUT2D eigenvalue weighted by Gasteiger charge is 2.44. The van der Waals surface area contributed by atoms with E-state index in [2.05, 4.69) is 0 Å². The van der Waals surface area contributed by atoms with Crippen molar-refractivity contribution in [3.05, 3.63) is 35.9 Å². The van der Waals surface area contributed by atoms with Gasteiger partial charge in [0.25, 0.3) is 0 Å². The summed E-state index contributed by atoms with van der Waals surface area (Å²) in [6, 6.07) is 9.10. The molecule has 0 unspecified atom stereocenters. The van der Waals surface area contributed by atoms with Crippen LogP contribution in [-0.4, -0.2) is 59.1 Å². The van der Waals surface area contributed by atoms with Gasteiger partial charge >= 0.3 is 11.9 Å². The molecule has 1 heterocycles. The standard InChI is InChI=1S/C30H46NO7P/c1-4-28(33)37-30(22(2)3)38-39(36,18-12-11-15-23-13-7-5-8-14-23)21-27(32)31-20-25(19-26(31)29(34)35)24-16-9-6-10-17-24/h5,7-8,13-14,22,24-26,30H,4,6,9-12,15-21H2,1-3H3,(H,34,35)/t25-,26-,30+,39+/m1/s1. The molecule has 0 spiro atoms. The van der Waals surface area contributed by atoms with Crippen molar-refractivity contribution in [3.8, 4) is 0 Å². The molecule has 1 amide bonds. The number of aliphatic carboxylic acids is 1. The first-order valence-corrected chi connectivity index (χ1v) is 16.6. The molecular formula is C30H46NO7P. The summed E-state index contributed by atoms with van der Waals surface area (Å²) in [4.78, 5) is 39.2. The number of hydrogen-bond acceptors (Lipinski definition) is 6. The zero-order valence-electron chi connectivity index (χ0n) is 23.8. The number of carbonyl (C=O) groups excluding carboxylic acids is 2. The first kappa shape index (κ1) is 31.3. The number of aryl methyl sites for hydroxylation is 1. The maximum absolute atomic E-state index is 14.2. The summed E-state index contributed by atoms with van der Waals surface area (Å²) in [5, 5.41) is 9.92. The number of amides is 1. The lowest BCUT2D eigenvalue weighted by Crippen LogP contribution is -2.42. The van der Waals surface area contributed by atoms with E-state index in [1.165, 1.54) is 16.9 Å². The largest absolute Gasteiger partial charge is 0.480 e. The second kappa shape index (κ2) is 15.0. The van der Waals surface area contributed by atoms with Crippen LogP contribution in [0.3, 0.4) is 0 Å². The summed E-state index contributed by atoms with van der Waals surface area (Å²) in [5.74, 6) is -1.61. The normalized spacial score (nSPS) is 22.4. The van der Waals surface area contributed by atoms with Crippen molar-refractivity contribution in [3.63, 3.8) is 0 Å². The lowest BCUT2D eigenvalue weighted by molar-refractivity contribution is -0.169. The Balaban J connectivity index is 1.73. The molecule has 39 heavy (non-hydrogen) atoms. The van der Waals surface area contributed by atoms with Crippen LogP contribution in [0.1, 0.15) is 84.1 Å². The maximum atomic E-state index is 14.2. The number of carbonyl (C=O) groups is 3. The van der Waals surface area contributed by atoms with E-state index in [4.69, 9.17) is 9.26 Å². The summed E-state index contributed by atoms with van der Waals surface area (Å²) in [5.41, 5.74) is 1.18. The average molecular weight is 564 g/mol. The first-order chi connectivity index (χ1) is 18.6. The molecule has 0 radical (unpaired) electrons. The number of carboxylic acid groups (broad SMARTS) is 1. The van der Waals surface area contributed by atoms with Gasteiger partial charge in [-0.25, -0.2) is 4.79 Å². The number of rotatable bonds is 14. The fourth-order valence-electron chi connectivity index (χ4n) is 5.80. The number of esters is 1. The van der Waals surface area contributed by atoms with Crippen molar-refractivity contribution in [1.82, 2.24) is 4.90 Å². The highest BCUT2D eigenvalue weighted by Crippen LogP contribution is 2.51. The van der Waals surface area contributed by atoms with Gasteiger partial charge in [0.1, 0.15) is 12.2 Å². The molecule has 3 rings (SSSR count). The Bertz CT molecular complexity index is 992. The van der Waals surface area contributed by atoms with Crippen LogP contribution in [0.5, 0.6) is 0 Å². The van der Waals surface area contributed by atoms with E-state index in [9.17, 15) is 24.1 Å². The van der Waals surface area contributed by atoms with Crippen molar-refractivity contribution in [2.45, 2.75) is 97.3 Å². The number of likely N-dealkylation sites (tertiary alicyclic amines) is 1. The van der Waals surface area contributed by atoms with Crippen LogP contribution in [0.15, 0.2) is 30.3 Å². The SMILES string of the molecule is CCC(=O)O[C@@H](O[P@@](=O)(CCCCc1ccccc1)CC(=O)N1C[C@H](C2CCCCC2)C[C@@H]1C(=O)O)C(C)C. The zero-order chi connectivity index (χ0) is 28.4. The summed E-state index contributed by atoms with van der Waals surface area (Å²) >= 11 is 0. The molecule has 2 fully saturated rings. The molecule has 1 saturated heterocycles. The van der Waals surface area contributed by atoms with Crippen molar-refractivity contribution < 1.29 is 33.3 Å². The molecule has 1 aromatic carbocycles. The first-order valence-electron chi connectivity index (χ1n) is 14.6. The van der Waals surface area contributed by atoms with Crippen LogP contribution in [-0.2, 0) is 34.6 Å². The van der Waals surface area contributed by atoms with E-state index in [0.29, 0.717) is 25.3 Å². The Hall–Kier alpha value is -2.18. The summed E-state index contributed by atoms with van der Waals surface area (Å²) in [6.07, 6.45) is 7.12. The second-order valence-electron chi connectivity index (χ2n) is 11.5. The Labute approximate surface area is 233 Å². The third-order valence-electron chi connectivity index (χ3n) is 8.07. The van der Waals surface area contributed by atoms with E-state index in [0.717, 1.165) is 38.5 Å². The monoisotopic (exact) mass is 563 g/mol. The lowest BCUT2D eigenvalue weighted by atomic mass is 9.79. The van der Waals surface area contributed by atoms with Gasteiger partial charge in [-0.2, -0.15) is 0 Å². The number of nitrogens with zero attached hydrogens (tertiary/aromatic N) is 1. The van der Waals surface area contributed by atoms with Gasteiger partial charge in [-0.1, -0.05) is 83.2 Å². The van der Waals surface area contributed by atoms with Gasteiger partial charge in [-0.05, 0) is 43.1 Å². The summed E-state index contributed by atoms with van der Waals surface area (Å²) in [7, 11) is -3.60. The van der Waals surface area contributed by atoms with Gasteiger partial charge in [0, 0.05) is 25.0 Å². The van der Waals surface area contributed by atoms with Gasteiger partial charge in [-0.3, -0.25) is 18.7 Å². The highest BCUT2D eigenvalue weighted by atomic mass is 31.2. The number of benzene rings is 1. The molecular weight excluding hydrogens is 517 g/mol. The predicted molar refractivity (Wildman–Crippen MR) is 151 cm³/mol. The molecule has 0 bridgehead atoms. The molecule has 218 valence electrons. The van der Waals surface area contributed by atoms with Crippen LogP contribution in [0, 0.1) is 17.8 Å². The number of unbranched alkanes of at least 4 members (excludes halogenated alkanes) is 1. The van der Waals surface area contributed by atoms with Crippen LogP contribution in [0.25, 0.3) is 0 Å². The molecule has 1 aliphatic carbocycles. The van der Waals surface area contributed by atoms with Crippen molar-refractivity contribution >= 4 is 25.2 Å². The Morgan fingerprint density at radius 2 is 1.74 bits per heavy atom. The second-order valence-corrected chi connectivity index (χ2v) is 14.1. The van der Waals surface area contributed by atoms with Crippen molar-refractivity contribution in [1.29, 1.82) is 0 Å². The molecule has 1 saturated carbocycles. The average Bonchev–Trinajstić information content (AvgIpc) is 3.38. The Kier molecular flexibility index (Phi) is 12.1. The molecule has 8 nitrogen and oxygen atoms in total. The predicted octanol–water partition coefficient (Wildman–Crippen LogP) is 6.12. The van der Waals surface area contributed by atoms with E-state index >= 15 is 0 Å². The van der Waals surface area contributed by atoms with Crippen LogP contribution >= 0.6 is 7.37 Å². The third-order valence-corrected chi connectivity index (χ3v) is 10.4. The Morgan fingerprint density at radius 3 is 2.36 bits per heavy atom. The zero-order valence-corrected chi connectivity index (χ0v) is 24.7. The van der Waals surface area contributed by atoms with Crippen LogP contribution < -0.4 is 0 Å². The van der Waals surface area contributed by atoms with E-state index < -0.39 is 37.5 Å². The minimum absolute atomic E-state index is 0.149. The summed E-state index contributed by atoms with van der Waals surface area (Å²) in [6.45, 7) is 5.68. The van der Waals surface area contributed by atoms with Gasteiger partial charge in [-0.15, -0.1) is 0 Å². The molecule has 2 aliphatic rings. The molecule has 1 aromatic rings. The number of hydrogen-bond donors (Lipinski definition) is 1. The molecule has 4 atom stereocenters. The van der Waals surface area contributed by atoms with E-state index in [-0.39, 0.29) is 30.6 Å². The Morgan fingerprint density at radius 1 is 1.05 bits per heavy atom. The fraction of sp³-hybridized carbons (Fsp3) is 0.700. The van der Waals surface area contributed by atoms with Crippen molar-refractivity contribution in [2.75, 3.05) is 18.9 Å². The number of carboxylic acids is 1. The quantitative estimate of drug-likeness (QED) is 0.126. The van der Waals surface area contributed by atoms with Gasteiger partial charge in [0.05, 0.1) is 0 Å². The van der Waals surface area contributed by atoms with Crippen LogP contribution in [0.2, 0.25) is 0 Å². The van der Waals surface area contributed by atoms with E-state index in [1.54, 1.807) is 6.92 Å². The molecule has 1 N–H and O–H groups in total. The highest BCUT2D eigenvalue weighted by molar-refractivity contribution is 7.59. The number of ether oxygens (including phenoxy) is 1. The minimum atomic E-state index is -3.60. The van der Waals surface area contributed by atoms with Crippen LogP contribution in [0.4, 0.5) is 0 Å². The van der Waals surface area contributed by atoms with E-state index in [1.807, 2.05) is 44.2 Å². The van der Waals surface area contributed by atoms with Gasteiger partial charge < -0.3 is 14.7 Å². The molecule has 0 aromatic heterocycles. The molecule has 9 heteroatoms. The van der Waals surface area contributed by atoms with Gasteiger partial charge in [0.15, 0.2) is 0 Å².